The molecule has 0 radical (unpaired) electrons. The molecule has 15 heavy (non-hydrogen) atoms. The third-order valence-electron chi connectivity index (χ3n) is 2.14. The maximum absolute atomic E-state index is 11.6. The number of hydrogen-bond acceptors (Lipinski definition) is 2. The third-order valence-corrected chi connectivity index (χ3v) is 2.14. The van der Waals surface area contributed by atoms with Crippen LogP contribution in [0.15, 0.2) is 17.2 Å². The minimum absolute atomic E-state index is 0.103. The van der Waals surface area contributed by atoms with E-state index in [0.717, 1.165) is 6.42 Å². The number of hydrogen-bond donors (Lipinski definition) is 1. The van der Waals surface area contributed by atoms with Crippen LogP contribution >= 0.6 is 0 Å². The van der Waals surface area contributed by atoms with Crippen LogP contribution in [-0.4, -0.2) is 21.6 Å². The van der Waals surface area contributed by atoms with Crippen LogP contribution in [0.4, 0.5) is 0 Å². The molecule has 1 aromatic heterocycles. The predicted molar refractivity (Wildman–Crippen MR) is 57.7 cm³/mol. The summed E-state index contributed by atoms with van der Waals surface area (Å²) in [6.07, 6.45) is 4.23. The lowest BCUT2D eigenvalue weighted by atomic mass is 10.4. The summed E-state index contributed by atoms with van der Waals surface area (Å²) >= 11 is 0. The first-order chi connectivity index (χ1) is 7.19. The van der Waals surface area contributed by atoms with Crippen LogP contribution in [0, 0.1) is 0 Å². The highest BCUT2D eigenvalue weighted by atomic mass is 16.2. The number of nitrogens with zero attached hydrogens (tertiary/aromatic N) is 2. The molecule has 0 spiro atoms. The molecular formula is C10H17N3O2. The van der Waals surface area contributed by atoms with Crippen molar-refractivity contribution in [1.82, 2.24) is 14.5 Å². The Morgan fingerprint density at radius 3 is 2.53 bits per heavy atom. The Labute approximate surface area is 88.7 Å². The Morgan fingerprint density at radius 2 is 2.00 bits per heavy atom. The summed E-state index contributed by atoms with van der Waals surface area (Å²) in [4.78, 5) is 22.9. The van der Waals surface area contributed by atoms with E-state index in [9.17, 15) is 9.59 Å². The maximum Gasteiger partial charge on any atom is 0.328 e. The monoisotopic (exact) mass is 211 g/mol. The van der Waals surface area contributed by atoms with Gasteiger partial charge in [-0.3, -0.25) is 13.9 Å². The van der Waals surface area contributed by atoms with Crippen LogP contribution in [0.1, 0.15) is 20.3 Å². The van der Waals surface area contributed by atoms with Gasteiger partial charge in [0.25, 0.3) is 0 Å². The number of imidazole rings is 1. The van der Waals surface area contributed by atoms with Crippen molar-refractivity contribution in [3.05, 3.63) is 22.9 Å². The van der Waals surface area contributed by atoms with Crippen molar-refractivity contribution >= 4 is 5.91 Å². The van der Waals surface area contributed by atoms with Crippen molar-refractivity contribution in [1.29, 1.82) is 0 Å². The van der Waals surface area contributed by atoms with Gasteiger partial charge in [-0.2, -0.15) is 0 Å². The number of carbonyl (C=O) groups is 1. The van der Waals surface area contributed by atoms with E-state index in [1.165, 1.54) is 4.57 Å². The molecule has 0 saturated heterocycles. The Morgan fingerprint density at radius 1 is 1.33 bits per heavy atom. The summed E-state index contributed by atoms with van der Waals surface area (Å²) in [5, 5.41) is 2.73. The number of aromatic nitrogens is 2. The number of nitrogens with one attached hydrogen (secondary N) is 1. The summed E-state index contributed by atoms with van der Waals surface area (Å²) in [5.41, 5.74) is -0.135. The first-order valence-corrected chi connectivity index (χ1v) is 5.21. The van der Waals surface area contributed by atoms with Crippen molar-refractivity contribution in [2.24, 2.45) is 0 Å². The molecule has 0 unspecified atom stereocenters. The van der Waals surface area contributed by atoms with Gasteiger partial charge in [-0.15, -0.1) is 0 Å². The van der Waals surface area contributed by atoms with Gasteiger partial charge in [0, 0.05) is 25.5 Å². The molecule has 0 aliphatic heterocycles. The minimum atomic E-state index is -0.135. The van der Waals surface area contributed by atoms with E-state index in [-0.39, 0.29) is 18.1 Å². The molecule has 0 fully saturated rings. The number of rotatable bonds is 5. The second-order valence-corrected chi connectivity index (χ2v) is 3.34. The highest BCUT2D eigenvalue weighted by Crippen LogP contribution is 1.85. The zero-order valence-corrected chi connectivity index (χ0v) is 9.19. The van der Waals surface area contributed by atoms with E-state index >= 15 is 0 Å². The number of carbonyl (C=O) groups excluding carboxylic acids is 1. The van der Waals surface area contributed by atoms with Crippen LogP contribution in [0.25, 0.3) is 0 Å². The van der Waals surface area contributed by atoms with Crippen LogP contribution in [0.3, 0.4) is 0 Å². The van der Waals surface area contributed by atoms with E-state index in [2.05, 4.69) is 5.32 Å². The quantitative estimate of drug-likeness (QED) is 0.756. The van der Waals surface area contributed by atoms with Crippen LogP contribution in [0.5, 0.6) is 0 Å². The summed E-state index contributed by atoms with van der Waals surface area (Å²) in [6, 6.07) is 0. The fraction of sp³-hybridized carbons (Fsp3) is 0.600. The Bertz CT molecular complexity index is 378. The van der Waals surface area contributed by atoms with Gasteiger partial charge in [0.1, 0.15) is 6.54 Å². The van der Waals surface area contributed by atoms with Gasteiger partial charge in [0.2, 0.25) is 5.91 Å². The van der Waals surface area contributed by atoms with Gasteiger partial charge >= 0.3 is 5.69 Å². The van der Waals surface area contributed by atoms with E-state index in [0.29, 0.717) is 13.1 Å². The van der Waals surface area contributed by atoms with Gasteiger partial charge in [0.05, 0.1) is 0 Å². The van der Waals surface area contributed by atoms with E-state index in [1.54, 1.807) is 17.0 Å². The second-order valence-electron chi connectivity index (χ2n) is 3.34. The van der Waals surface area contributed by atoms with Crippen molar-refractivity contribution in [3.63, 3.8) is 0 Å². The molecule has 0 saturated carbocycles. The largest absolute Gasteiger partial charge is 0.355 e. The average Bonchev–Trinajstić information content (AvgIpc) is 2.57. The fourth-order valence-corrected chi connectivity index (χ4v) is 1.29. The molecule has 5 heteroatoms. The summed E-state index contributed by atoms with van der Waals surface area (Å²) in [7, 11) is 0. The van der Waals surface area contributed by atoms with Crippen molar-refractivity contribution in [2.45, 2.75) is 33.4 Å². The molecule has 0 atom stereocenters. The molecule has 1 N–H and O–H groups in total. The summed E-state index contributed by atoms with van der Waals surface area (Å²) < 4.78 is 2.97. The molecule has 0 aliphatic rings. The lowest BCUT2D eigenvalue weighted by molar-refractivity contribution is -0.121. The number of aryl methyl sites for hydroxylation is 1. The number of amides is 1. The Kier molecular flexibility index (Phi) is 4.15. The van der Waals surface area contributed by atoms with Gasteiger partial charge in [-0.05, 0) is 13.3 Å². The Balaban J connectivity index is 2.61. The van der Waals surface area contributed by atoms with E-state index < -0.39 is 0 Å². The predicted octanol–water partition coefficient (Wildman–Crippen LogP) is 0.196. The molecular weight excluding hydrogens is 194 g/mol. The summed E-state index contributed by atoms with van der Waals surface area (Å²) in [5.74, 6) is -0.118. The molecule has 1 aromatic rings. The summed E-state index contributed by atoms with van der Waals surface area (Å²) in [6.45, 7) is 5.26. The van der Waals surface area contributed by atoms with Gasteiger partial charge < -0.3 is 5.32 Å². The zero-order chi connectivity index (χ0) is 11.3. The smallest absolute Gasteiger partial charge is 0.328 e. The molecule has 0 bridgehead atoms. The average molecular weight is 211 g/mol. The van der Waals surface area contributed by atoms with E-state index in [4.69, 9.17) is 0 Å². The molecule has 1 rings (SSSR count). The third kappa shape index (κ3) is 2.97. The Hall–Kier alpha value is -1.52. The normalized spacial score (nSPS) is 10.3. The van der Waals surface area contributed by atoms with Crippen LogP contribution in [0.2, 0.25) is 0 Å². The topological polar surface area (TPSA) is 56.0 Å². The highest BCUT2D eigenvalue weighted by Gasteiger charge is 2.05. The second kappa shape index (κ2) is 5.38. The zero-order valence-electron chi connectivity index (χ0n) is 9.19. The molecule has 0 aromatic carbocycles. The van der Waals surface area contributed by atoms with Gasteiger partial charge in [-0.1, -0.05) is 6.92 Å². The van der Waals surface area contributed by atoms with Crippen molar-refractivity contribution in [3.8, 4) is 0 Å². The standard InChI is InChI=1S/C10H17N3O2/c1-3-5-11-9(14)8-13-7-6-12(4-2)10(13)15/h6-7H,3-5,8H2,1-2H3,(H,11,14). The molecule has 1 amide bonds. The highest BCUT2D eigenvalue weighted by molar-refractivity contribution is 5.75. The van der Waals surface area contributed by atoms with Crippen molar-refractivity contribution < 1.29 is 4.79 Å². The van der Waals surface area contributed by atoms with Gasteiger partial charge in [-0.25, -0.2) is 4.79 Å². The van der Waals surface area contributed by atoms with E-state index in [1.807, 2.05) is 13.8 Å². The first kappa shape index (κ1) is 11.6. The van der Waals surface area contributed by atoms with Crippen molar-refractivity contribution in [2.75, 3.05) is 6.54 Å². The maximum atomic E-state index is 11.6. The first-order valence-electron chi connectivity index (χ1n) is 5.21. The molecule has 1 heterocycles. The van der Waals surface area contributed by atoms with Crippen LogP contribution < -0.4 is 11.0 Å². The van der Waals surface area contributed by atoms with Crippen LogP contribution in [-0.2, 0) is 17.9 Å². The minimum Gasteiger partial charge on any atom is -0.355 e. The molecule has 84 valence electrons. The SMILES string of the molecule is CCCNC(=O)Cn1ccn(CC)c1=O. The lowest BCUT2D eigenvalue weighted by Crippen LogP contribution is -2.33. The molecule has 0 aliphatic carbocycles. The van der Waals surface area contributed by atoms with Gasteiger partial charge in [0.15, 0.2) is 0 Å². The fourth-order valence-electron chi connectivity index (χ4n) is 1.29. The lowest BCUT2D eigenvalue weighted by Gasteiger charge is -2.03. The molecule has 5 nitrogen and oxygen atoms in total.